The molecule has 0 saturated carbocycles. The third-order valence-electron chi connectivity index (χ3n) is 12.0. The topological polar surface area (TPSA) is 0 Å². The number of benzene rings is 7. The van der Waals surface area contributed by atoms with Gasteiger partial charge in [-0.15, -0.1) is 11.3 Å². The zero-order valence-electron chi connectivity index (χ0n) is 32.2. The first-order valence-electron chi connectivity index (χ1n) is 19.6. The Morgan fingerprint density at radius 3 is 1.75 bits per heavy atom. The lowest BCUT2D eigenvalue weighted by molar-refractivity contribution is 0.661. The molecule has 0 radical (unpaired) electrons. The Balaban J connectivity index is 1.07. The van der Waals surface area contributed by atoms with E-state index in [0.717, 1.165) is 0 Å². The summed E-state index contributed by atoms with van der Waals surface area (Å²) in [5, 5.41) is 10.3. The molecule has 0 amide bonds. The van der Waals surface area contributed by atoms with Crippen LogP contribution >= 0.6 is 11.3 Å². The number of hydrogen-bond donors (Lipinski definition) is 0. The summed E-state index contributed by atoms with van der Waals surface area (Å²) in [5.41, 5.74) is 12.7. The van der Waals surface area contributed by atoms with Gasteiger partial charge < -0.3 is 0 Å². The Hall–Kier alpha value is -6.28. The molecule has 0 aliphatic heterocycles. The van der Waals surface area contributed by atoms with E-state index in [0.29, 0.717) is 0 Å². The molecule has 1 aliphatic carbocycles. The van der Waals surface area contributed by atoms with Gasteiger partial charge in [0, 0.05) is 25.6 Å². The van der Waals surface area contributed by atoms with Crippen molar-refractivity contribution < 1.29 is 0 Å². The van der Waals surface area contributed by atoms with Gasteiger partial charge >= 0.3 is 0 Å². The van der Waals surface area contributed by atoms with E-state index in [1.807, 2.05) is 11.3 Å². The van der Waals surface area contributed by atoms with Gasteiger partial charge in [-0.1, -0.05) is 153 Å². The summed E-state index contributed by atoms with van der Waals surface area (Å²) in [6.45, 7) is 9.07. The molecule has 0 N–H and O–H groups in total. The van der Waals surface area contributed by atoms with Gasteiger partial charge in [-0.25, -0.2) is 0 Å². The Morgan fingerprint density at radius 2 is 0.982 bits per heavy atom. The number of hydrogen-bond acceptors (Lipinski definition) is 1. The minimum Gasteiger partial charge on any atom is -0.135 e. The van der Waals surface area contributed by atoms with Crippen LogP contribution in [-0.2, 0) is 5.41 Å². The van der Waals surface area contributed by atoms with Crippen LogP contribution in [0.25, 0.3) is 98.4 Å². The van der Waals surface area contributed by atoms with E-state index in [1.165, 1.54) is 108 Å². The zero-order chi connectivity index (χ0) is 38.0. The molecule has 1 aromatic heterocycles. The summed E-state index contributed by atoms with van der Waals surface area (Å²) in [4.78, 5) is 0. The van der Waals surface area contributed by atoms with Crippen molar-refractivity contribution in [1.82, 2.24) is 0 Å². The van der Waals surface area contributed by atoms with Crippen molar-refractivity contribution >= 4 is 65.2 Å². The highest BCUT2D eigenvalue weighted by molar-refractivity contribution is 7.25. The second-order valence-electron chi connectivity index (χ2n) is 15.6. The SMILES string of the molecule is C/C=c1/c(-c2ccc(-c3ccc4c(c3)-c3cc5cc6sc7ccccc7c6cc5cc3C4(C)C)cc2)ccccccc(-c2ccc3ccccc3c2)/c1=C/C. The summed E-state index contributed by atoms with van der Waals surface area (Å²) in [6, 6.07) is 63.2. The van der Waals surface area contributed by atoms with E-state index in [4.69, 9.17) is 0 Å². The van der Waals surface area contributed by atoms with Crippen LogP contribution < -0.4 is 10.4 Å². The van der Waals surface area contributed by atoms with Gasteiger partial charge in [0.1, 0.15) is 0 Å². The molecule has 9 aromatic rings. The van der Waals surface area contributed by atoms with Crippen LogP contribution in [0.15, 0.2) is 170 Å². The molecule has 1 heteroatoms. The second-order valence-corrected chi connectivity index (χ2v) is 16.6. The maximum absolute atomic E-state index is 2.46. The maximum atomic E-state index is 2.46. The highest BCUT2D eigenvalue weighted by Gasteiger charge is 2.36. The fourth-order valence-electron chi connectivity index (χ4n) is 9.12. The van der Waals surface area contributed by atoms with Crippen LogP contribution in [-0.4, -0.2) is 0 Å². The van der Waals surface area contributed by atoms with Crippen molar-refractivity contribution in [3.63, 3.8) is 0 Å². The Labute approximate surface area is 332 Å². The van der Waals surface area contributed by atoms with Crippen molar-refractivity contribution in [2.75, 3.05) is 0 Å². The molecule has 10 rings (SSSR count). The Bertz CT molecular complexity index is 3230. The van der Waals surface area contributed by atoms with E-state index >= 15 is 0 Å². The van der Waals surface area contributed by atoms with Gasteiger partial charge in [0.25, 0.3) is 0 Å². The average Bonchev–Trinajstić information content (AvgIpc) is 3.70. The summed E-state index contributed by atoms with van der Waals surface area (Å²) in [7, 11) is 0. The van der Waals surface area contributed by atoms with Crippen molar-refractivity contribution in [1.29, 1.82) is 0 Å². The van der Waals surface area contributed by atoms with Crippen LogP contribution in [0, 0.1) is 0 Å². The minimum absolute atomic E-state index is 0.0779. The molecule has 56 heavy (non-hydrogen) atoms. The van der Waals surface area contributed by atoms with Crippen LogP contribution in [0.4, 0.5) is 0 Å². The van der Waals surface area contributed by atoms with E-state index < -0.39 is 0 Å². The number of thiophene rings is 1. The van der Waals surface area contributed by atoms with E-state index in [-0.39, 0.29) is 5.41 Å². The summed E-state index contributed by atoms with van der Waals surface area (Å²) in [6.07, 6.45) is 4.52. The number of fused-ring (bicyclic) bond motifs is 8. The van der Waals surface area contributed by atoms with Gasteiger partial charge in [0.15, 0.2) is 0 Å². The van der Waals surface area contributed by atoms with Crippen molar-refractivity contribution in [2.24, 2.45) is 0 Å². The van der Waals surface area contributed by atoms with Gasteiger partial charge in [-0.2, -0.15) is 0 Å². The molecule has 0 saturated heterocycles. The van der Waals surface area contributed by atoms with Crippen LogP contribution in [0.2, 0.25) is 0 Å². The highest BCUT2D eigenvalue weighted by Crippen LogP contribution is 2.51. The van der Waals surface area contributed by atoms with Crippen molar-refractivity contribution in [3.05, 3.63) is 191 Å². The summed E-state index contributed by atoms with van der Waals surface area (Å²) in [5.74, 6) is 0. The van der Waals surface area contributed by atoms with Crippen molar-refractivity contribution in [2.45, 2.75) is 33.1 Å². The lowest BCUT2D eigenvalue weighted by Crippen LogP contribution is -2.27. The van der Waals surface area contributed by atoms with E-state index in [1.54, 1.807) is 0 Å². The molecule has 0 unspecified atom stereocenters. The summed E-state index contributed by atoms with van der Waals surface area (Å²) < 4.78 is 2.70. The van der Waals surface area contributed by atoms with E-state index in [2.05, 4.69) is 210 Å². The van der Waals surface area contributed by atoms with Crippen LogP contribution in [0.3, 0.4) is 0 Å². The van der Waals surface area contributed by atoms with Gasteiger partial charge in [0.05, 0.1) is 0 Å². The zero-order valence-corrected chi connectivity index (χ0v) is 33.0. The van der Waals surface area contributed by atoms with Crippen LogP contribution in [0.5, 0.6) is 0 Å². The first-order chi connectivity index (χ1) is 27.4. The Morgan fingerprint density at radius 1 is 0.375 bits per heavy atom. The second kappa shape index (κ2) is 13.5. The predicted molar refractivity (Wildman–Crippen MR) is 245 cm³/mol. The van der Waals surface area contributed by atoms with Crippen LogP contribution in [0.1, 0.15) is 38.8 Å². The molecule has 0 atom stereocenters. The smallest absolute Gasteiger partial charge is 0.0361 e. The third kappa shape index (κ3) is 5.57. The molecular weight excluding hydrogens is 693 g/mol. The van der Waals surface area contributed by atoms with Gasteiger partial charge in [0.2, 0.25) is 0 Å². The maximum Gasteiger partial charge on any atom is 0.0361 e. The predicted octanol–water partition coefficient (Wildman–Crippen LogP) is 14.4. The Kier molecular flexibility index (Phi) is 8.24. The molecular formula is C55H42S. The molecule has 1 heterocycles. The van der Waals surface area contributed by atoms with Crippen molar-refractivity contribution in [3.8, 4) is 44.5 Å². The highest BCUT2D eigenvalue weighted by atomic mass is 32.1. The molecule has 0 fully saturated rings. The molecule has 0 bridgehead atoms. The van der Waals surface area contributed by atoms with E-state index in [9.17, 15) is 0 Å². The minimum atomic E-state index is -0.0779. The molecule has 0 nitrogen and oxygen atoms in total. The summed E-state index contributed by atoms with van der Waals surface area (Å²) >= 11 is 1.89. The largest absolute Gasteiger partial charge is 0.135 e. The van der Waals surface area contributed by atoms with Gasteiger partial charge in [-0.3, -0.25) is 0 Å². The molecule has 268 valence electrons. The monoisotopic (exact) mass is 734 g/mol. The molecule has 0 spiro atoms. The fourth-order valence-corrected chi connectivity index (χ4v) is 10.3. The molecule has 8 aromatic carbocycles. The first kappa shape index (κ1) is 34.2. The third-order valence-corrected chi connectivity index (χ3v) is 13.2. The van der Waals surface area contributed by atoms with Gasteiger partial charge in [-0.05, 0) is 144 Å². The molecule has 1 aliphatic rings. The average molecular weight is 735 g/mol. The fraction of sp³-hybridized carbons (Fsp3) is 0.0909. The quantitative estimate of drug-likeness (QED) is 0.170. The normalized spacial score (nSPS) is 13.7. The lowest BCUT2D eigenvalue weighted by Gasteiger charge is -2.22. The number of rotatable bonds is 3. The first-order valence-corrected chi connectivity index (χ1v) is 20.5. The lowest BCUT2D eigenvalue weighted by atomic mass is 9.81. The standard InChI is InChI=1S/C55H42S/c1-5-43-44(6-2)46(40-26-23-35-15-11-12-16-38(35)29-40)18-10-8-7-9-17-45(43)37-24-21-36(22-25-37)39-27-28-51-48(30-39)49-31-42-34-54-50(47-19-13-14-20-53(47)56-54)32-41(42)33-52(49)55(51,3)4/h5-34H,1-4H3/b9-7?,10-8?,43-5+,44-6+,45-17?,46-18?.